The van der Waals surface area contributed by atoms with Gasteiger partial charge in [-0.15, -0.1) is 0 Å². The fourth-order valence-electron chi connectivity index (χ4n) is 3.75. The largest absolute Gasteiger partial charge is 0.507 e. The number of ketones is 1. The summed E-state index contributed by atoms with van der Waals surface area (Å²) in [7, 11) is 0. The number of carbonyl (C=O) groups is 2. The Morgan fingerprint density at radius 1 is 1.10 bits per heavy atom. The van der Waals surface area contributed by atoms with Gasteiger partial charge in [-0.05, 0) is 43.7 Å². The minimum Gasteiger partial charge on any atom is -0.507 e. The molecule has 3 aromatic rings. The lowest BCUT2D eigenvalue weighted by atomic mass is 9.98. The molecule has 1 aromatic heterocycles. The standard InChI is InChI=1S/C25H23NO5/c1-3-30-19-7-4-6-17(14-19)15-26-22(20-8-5-13-31-20)21(24(28)25(26)29)23(27)18-11-9-16(2)10-12-18/h4-14,22,27H,3,15H2,1-2H3/b23-21-. The number of aliphatic hydroxyl groups is 1. The van der Waals surface area contributed by atoms with Gasteiger partial charge in [-0.2, -0.15) is 0 Å². The highest BCUT2D eigenvalue weighted by Gasteiger charge is 2.47. The van der Waals surface area contributed by atoms with E-state index in [1.165, 1.54) is 11.2 Å². The van der Waals surface area contributed by atoms with Gasteiger partial charge in [-0.25, -0.2) is 0 Å². The molecular weight excluding hydrogens is 394 g/mol. The highest BCUT2D eigenvalue weighted by Crippen LogP contribution is 2.40. The first-order valence-corrected chi connectivity index (χ1v) is 10.1. The lowest BCUT2D eigenvalue weighted by Crippen LogP contribution is -2.29. The van der Waals surface area contributed by atoms with Crippen LogP contribution in [0.4, 0.5) is 0 Å². The number of aliphatic hydroxyl groups excluding tert-OH is 1. The Morgan fingerprint density at radius 3 is 2.55 bits per heavy atom. The summed E-state index contributed by atoms with van der Waals surface area (Å²) in [5, 5.41) is 11.0. The Kier molecular flexibility index (Phi) is 5.62. The zero-order valence-corrected chi connectivity index (χ0v) is 17.4. The molecule has 4 rings (SSSR count). The molecule has 1 N–H and O–H groups in total. The number of amides is 1. The van der Waals surface area contributed by atoms with Gasteiger partial charge >= 0.3 is 0 Å². The van der Waals surface area contributed by atoms with E-state index in [9.17, 15) is 14.7 Å². The molecule has 31 heavy (non-hydrogen) atoms. The van der Waals surface area contributed by atoms with Crippen molar-refractivity contribution < 1.29 is 23.8 Å². The molecule has 0 radical (unpaired) electrons. The zero-order valence-electron chi connectivity index (χ0n) is 17.4. The lowest BCUT2D eigenvalue weighted by Gasteiger charge is -2.23. The van der Waals surface area contributed by atoms with Crippen molar-refractivity contribution in [3.05, 3.63) is 95.0 Å². The first kappa shape index (κ1) is 20.5. The molecule has 6 heteroatoms. The third-order valence-electron chi connectivity index (χ3n) is 5.24. The average Bonchev–Trinajstić information content (AvgIpc) is 3.37. The summed E-state index contributed by atoms with van der Waals surface area (Å²) in [6.07, 6.45) is 1.48. The van der Waals surface area contributed by atoms with E-state index in [0.29, 0.717) is 23.7 Å². The fourth-order valence-corrected chi connectivity index (χ4v) is 3.75. The van der Waals surface area contributed by atoms with Crippen molar-refractivity contribution in [2.75, 3.05) is 6.61 Å². The number of carbonyl (C=O) groups excluding carboxylic acids is 2. The van der Waals surface area contributed by atoms with Gasteiger partial charge in [0.1, 0.15) is 23.3 Å². The normalized spacial score (nSPS) is 17.9. The Hall–Kier alpha value is -3.80. The van der Waals surface area contributed by atoms with Crippen LogP contribution in [0.5, 0.6) is 5.75 Å². The van der Waals surface area contributed by atoms with Gasteiger partial charge in [-0.3, -0.25) is 9.59 Å². The second-order valence-electron chi connectivity index (χ2n) is 7.39. The highest BCUT2D eigenvalue weighted by atomic mass is 16.5. The van der Waals surface area contributed by atoms with Gasteiger partial charge in [0.2, 0.25) is 0 Å². The molecule has 1 aliphatic rings. The van der Waals surface area contributed by atoms with Gasteiger partial charge < -0.3 is 19.2 Å². The number of ether oxygens (including phenoxy) is 1. The number of rotatable bonds is 6. The number of likely N-dealkylation sites (tertiary alicyclic amines) is 1. The fraction of sp³-hybridized carbons (Fsp3) is 0.200. The number of hydrogen-bond acceptors (Lipinski definition) is 5. The number of Topliss-reactive ketones (excluding diaryl/α,β-unsaturated/α-hetero) is 1. The minimum absolute atomic E-state index is 0.0183. The maximum atomic E-state index is 13.0. The quantitative estimate of drug-likeness (QED) is 0.360. The molecule has 0 aliphatic carbocycles. The molecule has 1 unspecified atom stereocenters. The number of aryl methyl sites for hydroxylation is 1. The van der Waals surface area contributed by atoms with Crippen molar-refractivity contribution in [3.8, 4) is 5.75 Å². The number of furan rings is 1. The predicted molar refractivity (Wildman–Crippen MR) is 115 cm³/mol. The van der Waals surface area contributed by atoms with Gasteiger partial charge in [-0.1, -0.05) is 42.0 Å². The van der Waals surface area contributed by atoms with Crippen LogP contribution >= 0.6 is 0 Å². The molecule has 2 heterocycles. The summed E-state index contributed by atoms with van der Waals surface area (Å²) < 4.78 is 11.1. The first-order valence-electron chi connectivity index (χ1n) is 10.1. The van der Waals surface area contributed by atoms with Crippen LogP contribution in [0.2, 0.25) is 0 Å². The molecule has 6 nitrogen and oxygen atoms in total. The Labute approximate surface area is 180 Å². The van der Waals surface area contributed by atoms with Gasteiger partial charge in [0.05, 0.1) is 18.4 Å². The van der Waals surface area contributed by atoms with E-state index < -0.39 is 17.7 Å². The van der Waals surface area contributed by atoms with Crippen LogP contribution in [0.1, 0.15) is 35.4 Å². The van der Waals surface area contributed by atoms with Crippen molar-refractivity contribution in [2.24, 2.45) is 0 Å². The van der Waals surface area contributed by atoms with E-state index in [0.717, 1.165) is 11.1 Å². The van der Waals surface area contributed by atoms with Crippen molar-refractivity contribution in [1.82, 2.24) is 4.90 Å². The molecule has 0 spiro atoms. The number of benzene rings is 2. The number of nitrogens with zero attached hydrogens (tertiary/aromatic N) is 1. The van der Waals surface area contributed by atoms with Crippen LogP contribution in [0, 0.1) is 6.92 Å². The van der Waals surface area contributed by atoms with Crippen LogP contribution in [0.25, 0.3) is 5.76 Å². The van der Waals surface area contributed by atoms with Crippen molar-refractivity contribution >= 4 is 17.4 Å². The van der Waals surface area contributed by atoms with Crippen molar-refractivity contribution in [3.63, 3.8) is 0 Å². The van der Waals surface area contributed by atoms with Crippen molar-refractivity contribution in [1.29, 1.82) is 0 Å². The summed E-state index contributed by atoms with van der Waals surface area (Å²) in [5.41, 5.74) is 2.32. The summed E-state index contributed by atoms with van der Waals surface area (Å²) in [5.74, 6) is -0.540. The first-order chi connectivity index (χ1) is 15.0. The minimum atomic E-state index is -0.827. The lowest BCUT2D eigenvalue weighted by molar-refractivity contribution is -0.140. The van der Waals surface area contributed by atoms with Crippen molar-refractivity contribution in [2.45, 2.75) is 26.4 Å². The molecule has 0 saturated carbocycles. The molecule has 2 aromatic carbocycles. The molecule has 1 amide bonds. The molecule has 0 bridgehead atoms. The Balaban J connectivity index is 1.78. The summed E-state index contributed by atoms with van der Waals surface area (Å²) in [4.78, 5) is 27.4. The molecule has 1 saturated heterocycles. The van der Waals surface area contributed by atoms with E-state index in [1.807, 2.05) is 50.2 Å². The van der Waals surface area contributed by atoms with E-state index in [-0.39, 0.29) is 17.9 Å². The van der Waals surface area contributed by atoms with Gasteiger partial charge in [0.25, 0.3) is 11.7 Å². The predicted octanol–water partition coefficient (Wildman–Crippen LogP) is 4.61. The summed E-state index contributed by atoms with van der Waals surface area (Å²) >= 11 is 0. The maximum absolute atomic E-state index is 13.0. The van der Waals surface area contributed by atoms with Crippen LogP contribution in [0.15, 0.2) is 76.9 Å². The van der Waals surface area contributed by atoms with Gasteiger partial charge in [0.15, 0.2) is 0 Å². The third-order valence-corrected chi connectivity index (χ3v) is 5.24. The Bertz CT molecular complexity index is 1130. The molecule has 1 aliphatic heterocycles. The van der Waals surface area contributed by atoms with Crippen LogP contribution < -0.4 is 4.74 Å². The SMILES string of the molecule is CCOc1cccc(CN2C(=O)C(=O)/C(=C(\O)c3ccc(C)cc3)C2c2ccco2)c1. The maximum Gasteiger partial charge on any atom is 0.296 e. The molecular formula is C25H23NO5. The smallest absolute Gasteiger partial charge is 0.296 e. The summed E-state index contributed by atoms with van der Waals surface area (Å²) in [6, 6.07) is 17.1. The van der Waals surface area contributed by atoms with Gasteiger partial charge in [0, 0.05) is 12.1 Å². The molecule has 1 fully saturated rings. The Morgan fingerprint density at radius 2 is 1.87 bits per heavy atom. The van der Waals surface area contributed by atoms with Crippen LogP contribution in [0.3, 0.4) is 0 Å². The molecule has 158 valence electrons. The zero-order chi connectivity index (χ0) is 22.0. The second kappa shape index (κ2) is 8.52. The second-order valence-corrected chi connectivity index (χ2v) is 7.39. The monoisotopic (exact) mass is 417 g/mol. The topological polar surface area (TPSA) is 80.0 Å². The third kappa shape index (κ3) is 3.97. The van der Waals surface area contributed by atoms with E-state index in [4.69, 9.17) is 9.15 Å². The van der Waals surface area contributed by atoms with E-state index >= 15 is 0 Å². The van der Waals surface area contributed by atoms with E-state index in [1.54, 1.807) is 24.3 Å². The van der Waals surface area contributed by atoms with E-state index in [2.05, 4.69) is 0 Å². The summed E-state index contributed by atoms with van der Waals surface area (Å²) in [6.45, 7) is 4.52. The van der Waals surface area contributed by atoms with Crippen LogP contribution in [-0.4, -0.2) is 28.3 Å². The van der Waals surface area contributed by atoms with Crippen LogP contribution in [-0.2, 0) is 16.1 Å². The highest BCUT2D eigenvalue weighted by molar-refractivity contribution is 6.46. The average molecular weight is 417 g/mol. The number of hydrogen-bond donors (Lipinski definition) is 1. The molecule has 1 atom stereocenters.